The Bertz CT molecular complexity index is 843. The molecular formula is C20H25F3N4O3. The number of nitrogens with zero attached hydrogens (tertiary/aromatic N) is 3. The summed E-state index contributed by atoms with van der Waals surface area (Å²) in [5.41, 5.74) is -2.56. The maximum Gasteiger partial charge on any atom is 0.416 e. The van der Waals surface area contributed by atoms with E-state index < -0.39 is 27.9 Å². The molecule has 0 bridgehead atoms. The van der Waals surface area contributed by atoms with Crippen molar-refractivity contribution in [2.45, 2.75) is 51.7 Å². The van der Waals surface area contributed by atoms with E-state index in [1.807, 2.05) is 13.8 Å². The van der Waals surface area contributed by atoms with Gasteiger partial charge >= 0.3 is 6.18 Å². The number of halogens is 3. The maximum absolute atomic E-state index is 12.9. The van der Waals surface area contributed by atoms with Crippen LogP contribution in [0.2, 0.25) is 0 Å². The molecule has 30 heavy (non-hydrogen) atoms. The average molecular weight is 426 g/mol. The Morgan fingerprint density at radius 3 is 2.43 bits per heavy atom. The van der Waals surface area contributed by atoms with Gasteiger partial charge in [-0.1, -0.05) is 13.8 Å². The molecule has 0 aromatic heterocycles. The molecule has 1 aromatic carbocycles. The molecule has 0 spiro atoms. The molecule has 0 radical (unpaired) electrons. The van der Waals surface area contributed by atoms with Crippen LogP contribution in [0.1, 0.15) is 45.6 Å². The molecule has 1 aromatic rings. The SMILES string of the molecule is CC(C)C[C@@](C)(C#N)NC(=O)C1CCN(c2ccc(C(F)(F)F)cc2[N+](=O)[O-])CC1. The van der Waals surface area contributed by atoms with Crippen LogP contribution in [0, 0.1) is 33.3 Å². The van der Waals surface area contributed by atoms with E-state index in [-0.39, 0.29) is 36.5 Å². The Hall–Kier alpha value is -2.83. The molecule has 0 aliphatic carbocycles. The third kappa shape index (κ3) is 5.62. The third-order valence-corrected chi connectivity index (χ3v) is 5.17. The quantitative estimate of drug-likeness (QED) is 0.541. The lowest BCUT2D eigenvalue weighted by Gasteiger charge is -2.34. The number of alkyl halides is 3. The van der Waals surface area contributed by atoms with E-state index in [0.29, 0.717) is 25.3 Å². The largest absolute Gasteiger partial charge is 0.416 e. The van der Waals surface area contributed by atoms with E-state index in [9.17, 15) is 33.3 Å². The van der Waals surface area contributed by atoms with E-state index in [0.717, 1.165) is 12.1 Å². The van der Waals surface area contributed by atoms with Gasteiger partial charge in [-0.15, -0.1) is 0 Å². The van der Waals surface area contributed by atoms with E-state index in [2.05, 4.69) is 11.4 Å². The standard InChI is InChI=1S/C20H25F3N4O3/c1-13(2)11-19(3,12-24)25-18(28)14-6-8-26(9-7-14)16-5-4-15(20(21,22)23)10-17(16)27(29)30/h4-5,10,13-14H,6-9,11H2,1-3H3,(H,25,28)/t19-/m0/s1. The van der Waals surface area contributed by atoms with E-state index >= 15 is 0 Å². The van der Waals surface area contributed by atoms with Crippen molar-refractivity contribution in [2.24, 2.45) is 11.8 Å². The maximum atomic E-state index is 12.9. The smallest absolute Gasteiger partial charge is 0.366 e. The molecule has 0 unspecified atom stereocenters. The molecule has 1 atom stereocenters. The molecule has 1 aliphatic heterocycles. The zero-order chi connectivity index (χ0) is 22.7. The van der Waals surface area contributed by atoms with Gasteiger partial charge in [-0.3, -0.25) is 14.9 Å². The highest BCUT2D eigenvalue weighted by atomic mass is 19.4. The van der Waals surface area contributed by atoms with Crippen LogP contribution in [-0.4, -0.2) is 29.5 Å². The Morgan fingerprint density at radius 2 is 1.97 bits per heavy atom. The van der Waals surface area contributed by atoms with Gasteiger partial charge in [-0.05, 0) is 44.2 Å². The summed E-state index contributed by atoms with van der Waals surface area (Å²) < 4.78 is 38.7. The number of nitro benzene ring substituents is 1. The molecule has 7 nitrogen and oxygen atoms in total. The first kappa shape index (κ1) is 23.4. The summed E-state index contributed by atoms with van der Waals surface area (Å²) in [4.78, 5) is 24.7. The summed E-state index contributed by atoms with van der Waals surface area (Å²) in [5.74, 6) is -0.395. The number of hydrogen-bond donors (Lipinski definition) is 1. The Morgan fingerprint density at radius 1 is 1.37 bits per heavy atom. The summed E-state index contributed by atoms with van der Waals surface area (Å²) in [7, 11) is 0. The number of piperidine rings is 1. The summed E-state index contributed by atoms with van der Waals surface area (Å²) in [6.07, 6.45) is -3.40. The zero-order valence-corrected chi connectivity index (χ0v) is 17.1. The lowest BCUT2D eigenvalue weighted by Crippen LogP contribution is -2.50. The van der Waals surface area contributed by atoms with Gasteiger partial charge in [0, 0.05) is 25.1 Å². The van der Waals surface area contributed by atoms with Crippen molar-refractivity contribution < 1.29 is 22.9 Å². The topological polar surface area (TPSA) is 99.3 Å². The number of nitro groups is 1. The molecule has 1 N–H and O–H groups in total. The molecule has 10 heteroatoms. The normalized spacial score (nSPS) is 17.3. The van der Waals surface area contributed by atoms with Crippen LogP contribution < -0.4 is 10.2 Å². The van der Waals surface area contributed by atoms with Crippen molar-refractivity contribution in [1.82, 2.24) is 5.32 Å². The second-order valence-corrected chi connectivity index (χ2v) is 8.25. The fraction of sp³-hybridized carbons (Fsp3) is 0.600. The van der Waals surface area contributed by atoms with Crippen LogP contribution in [0.25, 0.3) is 0 Å². The van der Waals surface area contributed by atoms with Gasteiger partial charge in [0.1, 0.15) is 11.2 Å². The molecule has 1 amide bonds. The van der Waals surface area contributed by atoms with Crippen LogP contribution in [-0.2, 0) is 11.0 Å². The lowest BCUT2D eigenvalue weighted by atomic mass is 9.89. The highest BCUT2D eigenvalue weighted by molar-refractivity contribution is 5.80. The summed E-state index contributed by atoms with van der Waals surface area (Å²) in [6, 6.07) is 4.62. The average Bonchev–Trinajstić information content (AvgIpc) is 2.66. The van der Waals surface area contributed by atoms with Gasteiger partial charge in [-0.2, -0.15) is 18.4 Å². The monoisotopic (exact) mass is 426 g/mol. The van der Waals surface area contributed by atoms with Gasteiger partial charge in [0.25, 0.3) is 5.69 Å². The molecular weight excluding hydrogens is 401 g/mol. The second-order valence-electron chi connectivity index (χ2n) is 8.25. The third-order valence-electron chi connectivity index (χ3n) is 5.17. The van der Waals surface area contributed by atoms with Crippen LogP contribution in [0.3, 0.4) is 0 Å². The molecule has 0 saturated carbocycles. The fourth-order valence-corrected chi connectivity index (χ4v) is 3.81. The van der Waals surface area contributed by atoms with Crippen molar-refractivity contribution in [3.8, 4) is 6.07 Å². The number of hydrogen-bond acceptors (Lipinski definition) is 5. The highest BCUT2D eigenvalue weighted by Gasteiger charge is 2.36. The predicted octanol–water partition coefficient (Wildman–Crippen LogP) is 4.27. The second kappa shape index (κ2) is 8.90. The minimum atomic E-state index is -4.67. The van der Waals surface area contributed by atoms with Crippen molar-refractivity contribution in [3.63, 3.8) is 0 Å². The number of rotatable bonds is 6. The van der Waals surface area contributed by atoms with Crippen LogP contribution in [0.4, 0.5) is 24.5 Å². The fourth-order valence-electron chi connectivity index (χ4n) is 3.81. The van der Waals surface area contributed by atoms with Crippen molar-refractivity contribution in [2.75, 3.05) is 18.0 Å². The zero-order valence-electron chi connectivity index (χ0n) is 17.1. The van der Waals surface area contributed by atoms with Gasteiger partial charge in [-0.25, -0.2) is 0 Å². The van der Waals surface area contributed by atoms with E-state index in [4.69, 9.17) is 0 Å². The summed E-state index contributed by atoms with van der Waals surface area (Å²) in [5, 5.41) is 23.5. The first-order valence-electron chi connectivity index (χ1n) is 9.70. The van der Waals surface area contributed by atoms with Gasteiger partial charge in [0.15, 0.2) is 0 Å². The van der Waals surface area contributed by atoms with Crippen LogP contribution in [0.15, 0.2) is 18.2 Å². The summed E-state index contributed by atoms with van der Waals surface area (Å²) in [6.45, 7) is 6.16. The van der Waals surface area contributed by atoms with Gasteiger partial charge < -0.3 is 10.2 Å². The number of amides is 1. The first-order valence-corrected chi connectivity index (χ1v) is 9.70. The van der Waals surface area contributed by atoms with Crippen LogP contribution >= 0.6 is 0 Å². The molecule has 1 aliphatic rings. The molecule has 2 rings (SSSR count). The lowest BCUT2D eigenvalue weighted by molar-refractivity contribution is -0.384. The van der Waals surface area contributed by atoms with Crippen molar-refractivity contribution in [3.05, 3.63) is 33.9 Å². The Balaban J connectivity index is 2.09. The number of carbonyl (C=O) groups is 1. The number of carbonyl (C=O) groups excluding carboxylic acids is 1. The van der Waals surface area contributed by atoms with Crippen molar-refractivity contribution in [1.29, 1.82) is 5.26 Å². The van der Waals surface area contributed by atoms with Crippen LogP contribution in [0.5, 0.6) is 0 Å². The molecule has 1 fully saturated rings. The van der Waals surface area contributed by atoms with Crippen molar-refractivity contribution >= 4 is 17.3 Å². The Kier molecular flexibility index (Phi) is 6.95. The minimum Gasteiger partial charge on any atom is -0.366 e. The predicted molar refractivity (Wildman–Crippen MR) is 105 cm³/mol. The van der Waals surface area contributed by atoms with Gasteiger partial charge in [0.2, 0.25) is 5.91 Å². The van der Waals surface area contributed by atoms with E-state index in [1.165, 1.54) is 0 Å². The van der Waals surface area contributed by atoms with E-state index in [1.54, 1.807) is 11.8 Å². The molecule has 164 valence electrons. The number of benzene rings is 1. The number of anilines is 1. The number of nitrogens with one attached hydrogen (secondary N) is 1. The highest BCUT2D eigenvalue weighted by Crippen LogP contribution is 2.37. The number of nitriles is 1. The first-order chi connectivity index (χ1) is 13.9. The Labute approximate surface area is 173 Å². The minimum absolute atomic E-state index is 0.105. The summed E-state index contributed by atoms with van der Waals surface area (Å²) >= 11 is 0. The molecule has 1 heterocycles. The molecule has 1 saturated heterocycles. The van der Waals surface area contributed by atoms with Gasteiger partial charge in [0.05, 0.1) is 16.6 Å².